The molecule has 0 unspecified atom stereocenters. The van der Waals surface area contributed by atoms with Crippen molar-refractivity contribution in [3.05, 3.63) is 47.3 Å². The first-order valence-electron chi connectivity index (χ1n) is 7.00. The molecule has 0 aliphatic heterocycles. The van der Waals surface area contributed by atoms with Crippen LogP contribution in [0.15, 0.2) is 30.3 Å². The maximum atomic E-state index is 8.93. The number of hydrogen-bond acceptors (Lipinski definition) is 2. The molecule has 0 spiro atoms. The standard InChI is InChI=1S/C16H22N2O/c1-3-4-5-16-12-13(2)17-18(16)15-8-6-14(7-9-15)10-11-19/h6-9,12,19H,3-5,10-11H2,1-2H3. The number of benzene rings is 1. The van der Waals surface area contributed by atoms with Gasteiger partial charge in [0.2, 0.25) is 0 Å². The lowest BCUT2D eigenvalue weighted by Gasteiger charge is -2.08. The largest absolute Gasteiger partial charge is 0.396 e. The van der Waals surface area contributed by atoms with Crippen LogP contribution in [0.5, 0.6) is 0 Å². The highest BCUT2D eigenvalue weighted by molar-refractivity contribution is 5.36. The molecule has 102 valence electrons. The Hall–Kier alpha value is -1.61. The van der Waals surface area contributed by atoms with E-state index in [1.165, 1.54) is 18.5 Å². The summed E-state index contributed by atoms with van der Waals surface area (Å²) in [5, 5.41) is 13.5. The number of nitrogens with zero attached hydrogens (tertiary/aromatic N) is 2. The molecule has 0 saturated heterocycles. The van der Waals surface area contributed by atoms with Gasteiger partial charge in [-0.05, 0) is 49.9 Å². The molecule has 3 heteroatoms. The topological polar surface area (TPSA) is 38.0 Å². The maximum Gasteiger partial charge on any atom is 0.0649 e. The van der Waals surface area contributed by atoms with Crippen LogP contribution in [-0.2, 0) is 12.8 Å². The average molecular weight is 258 g/mol. The minimum absolute atomic E-state index is 0.196. The number of aryl methyl sites for hydroxylation is 2. The predicted molar refractivity (Wildman–Crippen MR) is 77.7 cm³/mol. The van der Waals surface area contributed by atoms with Crippen molar-refractivity contribution in [1.29, 1.82) is 0 Å². The third kappa shape index (κ3) is 3.44. The zero-order valence-electron chi connectivity index (χ0n) is 11.8. The molecule has 2 aromatic rings. The van der Waals surface area contributed by atoms with Crippen molar-refractivity contribution in [2.45, 2.75) is 39.5 Å². The monoisotopic (exact) mass is 258 g/mol. The van der Waals surface area contributed by atoms with E-state index in [4.69, 9.17) is 5.11 Å². The van der Waals surface area contributed by atoms with Gasteiger partial charge in [0.05, 0.1) is 11.4 Å². The molecule has 0 radical (unpaired) electrons. The summed E-state index contributed by atoms with van der Waals surface area (Å²) >= 11 is 0. The second-order valence-corrected chi connectivity index (χ2v) is 4.93. The molecular weight excluding hydrogens is 236 g/mol. The Kier molecular flexibility index (Phi) is 4.74. The molecular formula is C16H22N2O. The van der Waals surface area contributed by atoms with Gasteiger partial charge in [0.1, 0.15) is 0 Å². The summed E-state index contributed by atoms with van der Waals surface area (Å²) < 4.78 is 2.04. The van der Waals surface area contributed by atoms with Crippen molar-refractivity contribution in [3.8, 4) is 5.69 Å². The van der Waals surface area contributed by atoms with Crippen molar-refractivity contribution in [2.24, 2.45) is 0 Å². The summed E-state index contributed by atoms with van der Waals surface area (Å²) in [7, 11) is 0. The number of hydrogen-bond donors (Lipinski definition) is 1. The van der Waals surface area contributed by atoms with Crippen molar-refractivity contribution >= 4 is 0 Å². The highest BCUT2D eigenvalue weighted by atomic mass is 16.2. The summed E-state index contributed by atoms with van der Waals surface area (Å²) in [6.07, 6.45) is 4.16. The molecule has 3 nitrogen and oxygen atoms in total. The third-order valence-corrected chi connectivity index (χ3v) is 3.27. The van der Waals surface area contributed by atoms with Crippen LogP contribution >= 0.6 is 0 Å². The first kappa shape index (κ1) is 13.8. The van der Waals surface area contributed by atoms with Gasteiger partial charge in [-0.25, -0.2) is 4.68 Å². The molecule has 0 aliphatic rings. The zero-order valence-corrected chi connectivity index (χ0v) is 11.8. The van der Waals surface area contributed by atoms with E-state index in [1.54, 1.807) is 0 Å². The Balaban J connectivity index is 2.24. The Morgan fingerprint density at radius 2 is 1.89 bits per heavy atom. The SMILES string of the molecule is CCCCc1cc(C)nn1-c1ccc(CCO)cc1. The molecule has 0 aliphatic carbocycles. The van der Waals surface area contributed by atoms with Crippen LogP contribution in [0.3, 0.4) is 0 Å². The minimum atomic E-state index is 0.196. The third-order valence-electron chi connectivity index (χ3n) is 3.27. The fourth-order valence-electron chi connectivity index (χ4n) is 2.25. The van der Waals surface area contributed by atoms with Crippen LogP contribution in [0, 0.1) is 6.92 Å². The van der Waals surface area contributed by atoms with E-state index in [-0.39, 0.29) is 6.61 Å². The first-order valence-corrected chi connectivity index (χ1v) is 7.00. The van der Waals surface area contributed by atoms with Crippen LogP contribution in [0.4, 0.5) is 0 Å². The molecule has 0 bridgehead atoms. The van der Waals surface area contributed by atoms with Crippen LogP contribution in [0.1, 0.15) is 36.7 Å². The minimum Gasteiger partial charge on any atom is -0.396 e. The molecule has 1 N–H and O–H groups in total. The Labute approximate surface area is 114 Å². The lowest BCUT2D eigenvalue weighted by Crippen LogP contribution is -2.02. The number of aliphatic hydroxyl groups excluding tert-OH is 1. The van der Waals surface area contributed by atoms with Crippen LogP contribution in [0.25, 0.3) is 5.69 Å². The summed E-state index contributed by atoms with van der Waals surface area (Å²) in [5.41, 5.74) is 4.59. The van der Waals surface area contributed by atoms with Crippen LogP contribution < -0.4 is 0 Å². The first-order chi connectivity index (χ1) is 9.24. The maximum absolute atomic E-state index is 8.93. The van der Waals surface area contributed by atoms with E-state index in [1.807, 2.05) is 11.6 Å². The molecule has 0 saturated carbocycles. The van der Waals surface area contributed by atoms with Crippen molar-refractivity contribution < 1.29 is 5.11 Å². The molecule has 0 atom stereocenters. The molecule has 1 aromatic carbocycles. The summed E-state index contributed by atoms with van der Waals surface area (Å²) in [5.74, 6) is 0. The second kappa shape index (κ2) is 6.53. The van der Waals surface area contributed by atoms with E-state index in [9.17, 15) is 0 Å². The smallest absolute Gasteiger partial charge is 0.0649 e. The predicted octanol–water partition coefficient (Wildman–Crippen LogP) is 3.06. The lowest BCUT2D eigenvalue weighted by atomic mass is 10.1. The Morgan fingerprint density at radius 3 is 2.53 bits per heavy atom. The Morgan fingerprint density at radius 1 is 1.16 bits per heavy atom. The van der Waals surface area contributed by atoms with Crippen LogP contribution in [0.2, 0.25) is 0 Å². The van der Waals surface area contributed by atoms with Gasteiger partial charge in [-0.3, -0.25) is 0 Å². The molecule has 1 aromatic heterocycles. The van der Waals surface area contributed by atoms with Crippen LogP contribution in [-0.4, -0.2) is 21.5 Å². The number of rotatable bonds is 6. The quantitative estimate of drug-likeness (QED) is 0.864. The van der Waals surface area contributed by atoms with Gasteiger partial charge in [0.15, 0.2) is 0 Å². The summed E-state index contributed by atoms with van der Waals surface area (Å²) in [4.78, 5) is 0. The van der Waals surface area contributed by atoms with Gasteiger partial charge in [0, 0.05) is 12.3 Å². The van der Waals surface area contributed by atoms with Crippen molar-refractivity contribution in [2.75, 3.05) is 6.61 Å². The number of aromatic nitrogens is 2. The van der Waals surface area contributed by atoms with E-state index < -0.39 is 0 Å². The second-order valence-electron chi connectivity index (χ2n) is 4.93. The van der Waals surface area contributed by atoms with E-state index in [0.717, 1.165) is 23.4 Å². The Bertz CT molecular complexity index is 514. The van der Waals surface area contributed by atoms with Crippen molar-refractivity contribution in [1.82, 2.24) is 9.78 Å². The van der Waals surface area contributed by atoms with Gasteiger partial charge in [-0.2, -0.15) is 5.10 Å². The van der Waals surface area contributed by atoms with Gasteiger partial charge in [-0.15, -0.1) is 0 Å². The van der Waals surface area contributed by atoms with Gasteiger partial charge in [-0.1, -0.05) is 25.5 Å². The van der Waals surface area contributed by atoms with E-state index in [0.29, 0.717) is 6.42 Å². The average Bonchev–Trinajstić information content (AvgIpc) is 2.79. The number of unbranched alkanes of at least 4 members (excludes halogenated alkanes) is 1. The number of aliphatic hydroxyl groups is 1. The van der Waals surface area contributed by atoms with E-state index in [2.05, 4.69) is 42.4 Å². The van der Waals surface area contributed by atoms with E-state index >= 15 is 0 Å². The van der Waals surface area contributed by atoms with Gasteiger partial charge >= 0.3 is 0 Å². The molecule has 1 heterocycles. The summed E-state index contributed by atoms with van der Waals surface area (Å²) in [6, 6.07) is 10.4. The molecule has 19 heavy (non-hydrogen) atoms. The zero-order chi connectivity index (χ0) is 13.7. The summed E-state index contributed by atoms with van der Waals surface area (Å²) in [6.45, 7) is 4.44. The van der Waals surface area contributed by atoms with Gasteiger partial charge < -0.3 is 5.11 Å². The molecule has 0 fully saturated rings. The fraction of sp³-hybridized carbons (Fsp3) is 0.438. The highest BCUT2D eigenvalue weighted by Gasteiger charge is 2.07. The highest BCUT2D eigenvalue weighted by Crippen LogP contribution is 2.16. The fourth-order valence-corrected chi connectivity index (χ4v) is 2.25. The molecule has 0 amide bonds. The van der Waals surface area contributed by atoms with Crippen molar-refractivity contribution in [3.63, 3.8) is 0 Å². The normalized spacial score (nSPS) is 10.9. The van der Waals surface area contributed by atoms with Gasteiger partial charge in [0.25, 0.3) is 0 Å². The molecule has 2 rings (SSSR count). The lowest BCUT2D eigenvalue weighted by molar-refractivity contribution is 0.299.